The maximum absolute atomic E-state index is 13.0. The van der Waals surface area contributed by atoms with Crippen LogP contribution >= 0.6 is 0 Å². The number of rotatable bonds is 0. The molecule has 9 bridgehead atoms. The van der Waals surface area contributed by atoms with Gasteiger partial charge in [-0.3, -0.25) is 4.79 Å². The van der Waals surface area contributed by atoms with Crippen molar-refractivity contribution in [1.82, 2.24) is 0 Å². The third-order valence-corrected chi connectivity index (χ3v) is 7.70. The first-order valence-corrected chi connectivity index (χ1v) is 9.14. The lowest BCUT2D eigenvalue weighted by molar-refractivity contribution is -0.123. The van der Waals surface area contributed by atoms with E-state index in [1.54, 1.807) is 16.7 Å². The molecule has 1 heteroatoms. The number of benzene rings is 1. The third-order valence-electron chi connectivity index (χ3n) is 7.70. The van der Waals surface area contributed by atoms with E-state index in [2.05, 4.69) is 18.2 Å². The Morgan fingerprint density at radius 3 is 2.95 bits per heavy atom. The summed E-state index contributed by atoms with van der Waals surface area (Å²) < 4.78 is 0. The van der Waals surface area contributed by atoms with Crippen LogP contribution in [-0.4, -0.2) is 5.78 Å². The van der Waals surface area contributed by atoms with Gasteiger partial charge in [-0.2, -0.15) is 0 Å². The standard InChI is InChI=1S/C21H22O/c22-19-6-3-14-9-12-1-4-16(14)20(19)21-8-7-15(11-21)17-10-13(12)2-5-18(17)21/h1,4,9,13,15,20H,2-3,5-8,10-11H2. The number of carbonyl (C=O) groups excluding carboxylic acids is 1. The maximum atomic E-state index is 13.0. The summed E-state index contributed by atoms with van der Waals surface area (Å²) in [5.74, 6) is 2.29. The molecule has 1 aromatic carbocycles. The molecule has 4 atom stereocenters. The van der Waals surface area contributed by atoms with Crippen LogP contribution in [0.2, 0.25) is 0 Å². The van der Waals surface area contributed by atoms with Crippen LogP contribution in [0, 0.1) is 11.3 Å². The van der Waals surface area contributed by atoms with Crippen molar-refractivity contribution >= 4 is 5.78 Å². The van der Waals surface area contributed by atoms with E-state index in [-0.39, 0.29) is 11.3 Å². The predicted octanol–water partition coefficient (Wildman–Crippen LogP) is 4.66. The molecule has 0 aliphatic heterocycles. The number of Topliss-reactive ketones (excluding diaryl/α,β-unsaturated/α-hetero) is 1. The lowest BCUT2D eigenvalue weighted by atomic mass is 9.58. The molecule has 1 fully saturated rings. The summed E-state index contributed by atoms with van der Waals surface area (Å²) in [5, 5.41) is 0. The Morgan fingerprint density at radius 2 is 2.00 bits per heavy atom. The zero-order chi connectivity index (χ0) is 14.5. The van der Waals surface area contributed by atoms with E-state index in [1.165, 1.54) is 49.7 Å². The fourth-order valence-corrected chi connectivity index (χ4v) is 6.88. The van der Waals surface area contributed by atoms with Crippen molar-refractivity contribution in [1.29, 1.82) is 0 Å². The van der Waals surface area contributed by atoms with Crippen LogP contribution in [0.15, 0.2) is 29.3 Å². The minimum Gasteiger partial charge on any atom is -0.299 e. The van der Waals surface area contributed by atoms with Crippen molar-refractivity contribution in [2.75, 3.05) is 0 Å². The van der Waals surface area contributed by atoms with Crippen molar-refractivity contribution in [3.8, 4) is 0 Å². The SMILES string of the molecule is O=C1CCc2cc3ccc2C1C12CCC(C1)C1=C2CCC3C1. The summed E-state index contributed by atoms with van der Waals surface area (Å²) in [6.07, 6.45) is 9.56. The molecule has 1 spiro atoms. The highest BCUT2D eigenvalue weighted by Crippen LogP contribution is 2.68. The molecule has 0 aromatic heterocycles. The van der Waals surface area contributed by atoms with Gasteiger partial charge in [-0.25, -0.2) is 0 Å². The summed E-state index contributed by atoms with van der Waals surface area (Å²) in [4.78, 5) is 13.0. The molecule has 0 radical (unpaired) electrons. The molecule has 0 N–H and O–H groups in total. The van der Waals surface area contributed by atoms with E-state index in [0.29, 0.717) is 5.78 Å². The molecule has 0 amide bonds. The Kier molecular flexibility index (Phi) is 2.06. The number of ketones is 1. The van der Waals surface area contributed by atoms with Crippen LogP contribution in [0.25, 0.3) is 0 Å². The smallest absolute Gasteiger partial charge is 0.141 e. The van der Waals surface area contributed by atoms with Gasteiger partial charge < -0.3 is 0 Å². The van der Waals surface area contributed by atoms with Crippen LogP contribution in [0.4, 0.5) is 0 Å². The van der Waals surface area contributed by atoms with Crippen molar-refractivity contribution < 1.29 is 4.79 Å². The number of aryl methyl sites for hydroxylation is 1. The minimum atomic E-state index is 0.192. The van der Waals surface area contributed by atoms with E-state index in [0.717, 1.165) is 24.7 Å². The second-order valence-electron chi connectivity index (χ2n) is 8.40. The Bertz CT molecular complexity index is 755. The highest BCUT2D eigenvalue weighted by atomic mass is 16.1. The Morgan fingerprint density at radius 1 is 1.05 bits per heavy atom. The van der Waals surface area contributed by atoms with Crippen LogP contribution in [0.1, 0.15) is 73.5 Å². The van der Waals surface area contributed by atoms with Gasteiger partial charge in [-0.05, 0) is 73.5 Å². The Hall–Kier alpha value is -1.37. The molecule has 7 aliphatic carbocycles. The molecule has 8 rings (SSSR count). The quantitative estimate of drug-likeness (QED) is 0.635. The number of carbonyl (C=O) groups is 1. The number of allylic oxidation sites excluding steroid dienone is 2. The second kappa shape index (κ2) is 3.75. The van der Waals surface area contributed by atoms with Gasteiger partial charge in [-0.15, -0.1) is 0 Å². The Balaban J connectivity index is 1.71. The molecule has 1 nitrogen and oxygen atoms in total. The van der Waals surface area contributed by atoms with Gasteiger partial charge in [-0.1, -0.05) is 29.3 Å². The maximum Gasteiger partial charge on any atom is 0.141 e. The Labute approximate surface area is 131 Å². The van der Waals surface area contributed by atoms with Gasteiger partial charge in [0.15, 0.2) is 0 Å². The van der Waals surface area contributed by atoms with E-state index in [4.69, 9.17) is 0 Å². The largest absolute Gasteiger partial charge is 0.299 e. The van der Waals surface area contributed by atoms with Crippen LogP contribution in [-0.2, 0) is 11.2 Å². The first-order chi connectivity index (χ1) is 10.8. The van der Waals surface area contributed by atoms with Crippen LogP contribution in [0.5, 0.6) is 0 Å². The van der Waals surface area contributed by atoms with Gasteiger partial charge in [0.25, 0.3) is 0 Å². The van der Waals surface area contributed by atoms with E-state index in [9.17, 15) is 4.79 Å². The predicted molar refractivity (Wildman–Crippen MR) is 85.9 cm³/mol. The summed E-state index contributed by atoms with van der Waals surface area (Å²) >= 11 is 0. The number of hydrogen-bond acceptors (Lipinski definition) is 1. The van der Waals surface area contributed by atoms with E-state index < -0.39 is 0 Å². The molecule has 0 saturated heterocycles. The van der Waals surface area contributed by atoms with E-state index in [1.807, 2.05) is 0 Å². The average Bonchev–Trinajstić information content (AvgIpc) is 3.11. The third kappa shape index (κ3) is 1.23. The van der Waals surface area contributed by atoms with Crippen molar-refractivity contribution in [3.05, 3.63) is 46.0 Å². The molecule has 22 heavy (non-hydrogen) atoms. The zero-order valence-electron chi connectivity index (χ0n) is 13.0. The van der Waals surface area contributed by atoms with Gasteiger partial charge in [0.1, 0.15) is 5.78 Å². The van der Waals surface area contributed by atoms with Gasteiger partial charge in [0.05, 0.1) is 5.92 Å². The molecule has 1 saturated carbocycles. The number of fused-ring (bicyclic) bond motifs is 2. The van der Waals surface area contributed by atoms with E-state index >= 15 is 0 Å². The minimum absolute atomic E-state index is 0.192. The molecule has 0 heterocycles. The van der Waals surface area contributed by atoms with Crippen molar-refractivity contribution in [2.24, 2.45) is 11.3 Å². The molecule has 7 aliphatic rings. The summed E-state index contributed by atoms with van der Waals surface area (Å²) in [7, 11) is 0. The van der Waals surface area contributed by atoms with Gasteiger partial charge in [0.2, 0.25) is 0 Å². The number of hydrogen-bond donors (Lipinski definition) is 0. The first kappa shape index (κ1) is 12.1. The fraction of sp³-hybridized carbons (Fsp3) is 0.571. The fourth-order valence-electron chi connectivity index (χ4n) is 6.88. The second-order valence-corrected chi connectivity index (χ2v) is 8.40. The van der Waals surface area contributed by atoms with Gasteiger partial charge >= 0.3 is 0 Å². The summed E-state index contributed by atoms with van der Waals surface area (Å²) in [6.45, 7) is 0. The molecular weight excluding hydrogens is 268 g/mol. The summed E-state index contributed by atoms with van der Waals surface area (Å²) in [5.41, 5.74) is 8.25. The highest BCUT2D eigenvalue weighted by Gasteiger charge is 2.58. The average molecular weight is 290 g/mol. The molecular formula is C21H22O. The lowest BCUT2D eigenvalue weighted by Crippen LogP contribution is -2.37. The van der Waals surface area contributed by atoms with Crippen LogP contribution < -0.4 is 0 Å². The normalized spacial score (nSPS) is 40.7. The zero-order valence-corrected chi connectivity index (χ0v) is 13.0. The highest BCUT2D eigenvalue weighted by molar-refractivity contribution is 5.90. The topological polar surface area (TPSA) is 17.1 Å². The molecule has 112 valence electrons. The first-order valence-electron chi connectivity index (χ1n) is 9.14. The van der Waals surface area contributed by atoms with Crippen molar-refractivity contribution in [3.63, 3.8) is 0 Å². The van der Waals surface area contributed by atoms with Crippen LogP contribution in [0.3, 0.4) is 0 Å². The van der Waals surface area contributed by atoms with Gasteiger partial charge in [0, 0.05) is 11.8 Å². The molecule has 4 unspecified atom stereocenters. The lowest BCUT2D eigenvalue weighted by Gasteiger charge is -2.44. The summed E-state index contributed by atoms with van der Waals surface area (Å²) in [6, 6.07) is 7.17. The molecule has 1 aromatic rings. The monoisotopic (exact) mass is 290 g/mol. The van der Waals surface area contributed by atoms with Crippen molar-refractivity contribution in [2.45, 2.75) is 63.2 Å².